The summed E-state index contributed by atoms with van der Waals surface area (Å²) in [7, 11) is -4.10. The molecule has 1 spiro atoms. The highest BCUT2D eigenvalue weighted by Gasteiger charge is 2.65. The molecule has 1 aromatic heterocycles. The Morgan fingerprint density at radius 2 is 1.79 bits per heavy atom. The smallest absolute Gasteiger partial charge is 0.437 e. The van der Waals surface area contributed by atoms with Crippen molar-refractivity contribution in [1.82, 2.24) is 24.8 Å². The first-order valence-corrected chi connectivity index (χ1v) is 21.8. The third-order valence-electron chi connectivity index (χ3n) is 13.8. The molecule has 58 heavy (non-hydrogen) atoms. The van der Waals surface area contributed by atoms with Gasteiger partial charge < -0.3 is 20.1 Å². The average molecular weight is 830 g/mol. The molecule has 3 saturated carbocycles. The van der Waals surface area contributed by atoms with Gasteiger partial charge in [0.2, 0.25) is 21.8 Å². The molecule has 3 N–H and O–H groups in total. The van der Waals surface area contributed by atoms with Gasteiger partial charge in [-0.05, 0) is 83.1 Å². The standard InChI is InChI=1S/C41H50F3N5O8S/c1-24(2)39(19-20-39)49(36(53)54)29-14-8-6-4-5-7-11-25-21-40(25,35(52)47-58(55,56)37(3)17-18-37)46-33(50)30-22-38(23-48(30)34(29)51)16-15-27-26-12-9-10-13-28(26)45-32(31(27)57-38)41(42,43)44/h7,9-13,24-25,29-30H,4-6,8,14-23H2,1-3H3,(H,46,50)(H,47,52)(H,53,54)/b11-7-/t25-,29+,30+,38-,40-/m1/s1. The van der Waals surface area contributed by atoms with Gasteiger partial charge in [-0.15, -0.1) is 0 Å². The van der Waals surface area contributed by atoms with Crippen molar-refractivity contribution in [1.29, 1.82) is 0 Å². The van der Waals surface area contributed by atoms with Crippen molar-refractivity contribution in [2.45, 2.75) is 144 Å². The molecule has 2 aromatic rings. The number of hydrogen-bond acceptors (Lipinski definition) is 8. The molecule has 4 heterocycles. The monoisotopic (exact) mass is 829 g/mol. The number of carboxylic acid groups (broad SMARTS) is 1. The molecule has 4 amide bonds. The summed E-state index contributed by atoms with van der Waals surface area (Å²) in [6, 6.07) is 3.83. The van der Waals surface area contributed by atoms with Crippen LogP contribution in [0.4, 0.5) is 18.0 Å². The lowest BCUT2D eigenvalue weighted by Crippen LogP contribution is -2.61. The van der Waals surface area contributed by atoms with Crippen LogP contribution in [0.3, 0.4) is 0 Å². The Morgan fingerprint density at radius 3 is 2.45 bits per heavy atom. The fourth-order valence-electron chi connectivity index (χ4n) is 9.62. The Morgan fingerprint density at radius 1 is 1.07 bits per heavy atom. The lowest BCUT2D eigenvalue weighted by molar-refractivity contribution is -0.145. The van der Waals surface area contributed by atoms with E-state index in [-0.39, 0.29) is 50.1 Å². The van der Waals surface area contributed by atoms with Crippen molar-refractivity contribution < 1.29 is 50.6 Å². The number of alkyl halides is 3. The summed E-state index contributed by atoms with van der Waals surface area (Å²) in [5.74, 6) is -3.56. The van der Waals surface area contributed by atoms with E-state index in [1.54, 1.807) is 24.3 Å². The van der Waals surface area contributed by atoms with Gasteiger partial charge in [-0.25, -0.2) is 18.2 Å². The number of fused-ring (bicyclic) bond motifs is 5. The quantitative estimate of drug-likeness (QED) is 0.302. The predicted octanol–water partition coefficient (Wildman–Crippen LogP) is 5.85. The first kappa shape index (κ1) is 40.4. The Bertz CT molecular complexity index is 2210. The summed E-state index contributed by atoms with van der Waals surface area (Å²) in [4.78, 5) is 63.5. The van der Waals surface area contributed by atoms with E-state index >= 15 is 4.79 Å². The number of aromatic nitrogens is 1. The fourth-order valence-corrected chi connectivity index (χ4v) is 10.9. The Hall–Kier alpha value is -4.41. The molecule has 0 bridgehead atoms. The summed E-state index contributed by atoms with van der Waals surface area (Å²) in [6.45, 7) is 5.00. The van der Waals surface area contributed by atoms with Crippen LogP contribution < -0.4 is 14.8 Å². The Balaban J connectivity index is 1.20. The van der Waals surface area contributed by atoms with Gasteiger partial charge in [0.1, 0.15) is 23.2 Å². The minimum Gasteiger partial charge on any atom is -0.483 e. The van der Waals surface area contributed by atoms with Crippen LogP contribution >= 0.6 is 0 Å². The highest BCUT2D eigenvalue weighted by atomic mass is 32.2. The molecule has 6 aliphatic rings. The van der Waals surface area contributed by atoms with Crippen LogP contribution in [0.25, 0.3) is 10.9 Å². The largest absolute Gasteiger partial charge is 0.483 e. The lowest BCUT2D eigenvalue weighted by atomic mass is 9.87. The van der Waals surface area contributed by atoms with Crippen LogP contribution in [-0.2, 0) is 37.0 Å². The van der Waals surface area contributed by atoms with Gasteiger partial charge in [0.05, 0.1) is 16.8 Å². The van der Waals surface area contributed by atoms with Crippen molar-refractivity contribution in [3.05, 3.63) is 47.7 Å². The molecule has 314 valence electrons. The van der Waals surface area contributed by atoms with Crippen molar-refractivity contribution in [3.8, 4) is 5.75 Å². The zero-order chi connectivity index (χ0) is 41.6. The molecule has 0 unspecified atom stereocenters. The molecule has 0 radical (unpaired) electrons. The summed E-state index contributed by atoms with van der Waals surface area (Å²) >= 11 is 0. The number of sulfonamides is 1. The second-order valence-corrected chi connectivity index (χ2v) is 20.1. The molecule has 4 fully saturated rings. The molecule has 1 aromatic carbocycles. The van der Waals surface area contributed by atoms with E-state index in [4.69, 9.17) is 4.74 Å². The molecule has 1 saturated heterocycles. The molecule has 17 heteroatoms. The average Bonchev–Trinajstić information content (AvgIpc) is 4.10. The van der Waals surface area contributed by atoms with Gasteiger partial charge in [-0.3, -0.25) is 24.0 Å². The van der Waals surface area contributed by atoms with Crippen LogP contribution in [-0.4, -0.2) is 92.2 Å². The first-order valence-electron chi connectivity index (χ1n) is 20.3. The van der Waals surface area contributed by atoms with Crippen molar-refractivity contribution in [2.75, 3.05) is 6.54 Å². The second kappa shape index (κ2) is 13.8. The molecule has 3 aliphatic carbocycles. The molecule has 8 rings (SSSR count). The van der Waals surface area contributed by atoms with E-state index in [0.717, 1.165) is 0 Å². The summed E-state index contributed by atoms with van der Waals surface area (Å²) in [6.07, 6.45) is 1.95. The van der Waals surface area contributed by atoms with E-state index in [2.05, 4.69) is 15.0 Å². The summed E-state index contributed by atoms with van der Waals surface area (Å²) in [5, 5.41) is 14.0. The first-order chi connectivity index (χ1) is 27.3. The number of ether oxygens (including phenoxy) is 1. The number of rotatable bonds is 6. The SMILES string of the molecule is CC(C)C1(N(C(=O)O)[C@H]2CCCCC/C=C\[C@@H]3C[C@@]3(C(=O)NS(=O)(=O)C3(C)CC3)NC(=O)[C@@H]3C[C@]4(CCc5c(c(C(F)(F)F)nc6ccccc56)O4)CN3C2=O)CC1. The van der Waals surface area contributed by atoms with Crippen LogP contribution in [0.5, 0.6) is 5.75 Å². The number of hydrogen-bond donors (Lipinski definition) is 3. The Kier molecular flexibility index (Phi) is 9.63. The zero-order valence-electron chi connectivity index (χ0n) is 32.9. The van der Waals surface area contributed by atoms with Gasteiger partial charge in [0.15, 0.2) is 11.4 Å². The number of aryl methyl sites for hydroxylation is 1. The number of halogens is 3. The second-order valence-electron chi connectivity index (χ2n) is 17.9. The maximum absolute atomic E-state index is 15.2. The van der Waals surface area contributed by atoms with Crippen molar-refractivity contribution in [3.63, 3.8) is 0 Å². The number of pyridine rings is 1. The molecule has 13 nitrogen and oxygen atoms in total. The maximum atomic E-state index is 15.2. The topological polar surface area (TPSA) is 175 Å². The van der Waals surface area contributed by atoms with Crippen LogP contribution in [0.1, 0.15) is 109 Å². The van der Waals surface area contributed by atoms with E-state index < -0.39 is 90.9 Å². The number of nitrogens with one attached hydrogen (secondary N) is 2. The fraction of sp³-hybridized carbons (Fsp3) is 0.634. The Labute approximate surface area is 335 Å². The number of amides is 4. The molecule has 3 aliphatic heterocycles. The summed E-state index contributed by atoms with van der Waals surface area (Å²) < 4.78 is 78.1. The van der Waals surface area contributed by atoms with Gasteiger partial charge in [0, 0.05) is 28.8 Å². The minimum absolute atomic E-state index is 0.0863. The summed E-state index contributed by atoms with van der Waals surface area (Å²) in [5.41, 5.74) is -4.78. The van der Waals surface area contributed by atoms with E-state index in [1.165, 1.54) is 22.8 Å². The van der Waals surface area contributed by atoms with Crippen LogP contribution in [0.2, 0.25) is 0 Å². The van der Waals surface area contributed by atoms with Crippen LogP contribution in [0.15, 0.2) is 36.4 Å². The normalized spacial score (nSPS) is 30.8. The molecule has 5 atom stereocenters. The number of carbonyl (C=O) groups excluding carboxylic acids is 3. The maximum Gasteiger partial charge on any atom is 0.437 e. The van der Waals surface area contributed by atoms with Gasteiger partial charge in [-0.2, -0.15) is 13.2 Å². The zero-order valence-corrected chi connectivity index (χ0v) is 33.7. The number of benzene rings is 1. The minimum atomic E-state index is -4.91. The number of allylic oxidation sites excluding steroid dienone is 1. The van der Waals surface area contributed by atoms with Crippen molar-refractivity contribution in [2.24, 2.45) is 11.8 Å². The third kappa shape index (κ3) is 6.78. The predicted molar refractivity (Wildman–Crippen MR) is 205 cm³/mol. The third-order valence-corrected chi connectivity index (χ3v) is 15.9. The van der Waals surface area contributed by atoms with E-state index in [9.17, 15) is 41.1 Å². The van der Waals surface area contributed by atoms with E-state index in [0.29, 0.717) is 62.3 Å². The lowest BCUT2D eigenvalue weighted by Gasteiger charge is -2.41. The van der Waals surface area contributed by atoms with Gasteiger partial charge in [0.25, 0.3) is 5.91 Å². The molecular formula is C41H50F3N5O8S. The van der Waals surface area contributed by atoms with Gasteiger partial charge in [-0.1, -0.05) is 57.0 Å². The van der Waals surface area contributed by atoms with Gasteiger partial charge >= 0.3 is 12.3 Å². The number of carbonyl (C=O) groups is 4. The number of para-hydroxylation sites is 1. The highest BCUT2D eigenvalue weighted by molar-refractivity contribution is 7.91. The molecular weight excluding hydrogens is 780 g/mol. The highest BCUT2D eigenvalue weighted by Crippen LogP contribution is 2.52. The van der Waals surface area contributed by atoms with Crippen LogP contribution in [0, 0.1) is 11.8 Å². The van der Waals surface area contributed by atoms with E-state index in [1.807, 2.05) is 19.9 Å². The van der Waals surface area contributed by atoms with Crippen molar-refractivity contribution >= 4 is 44.7 Å². The number of nitrogens with zero attached hydrogens (tertiary/aromatic N) is 3.